The first-order valence-electron chi connectivity index (χ1n) is 6.46. The first kappa shape index (κ1) is 14.8. The van der Waals surface area contributed by atoms with Gasteiger partial charge in [0, 0.05) is 17.9 Å². The fourth-order valence-electron chi connectivity index (χ4n) is 2.52. The van der Waals surface area contributed by atoms with E-state index in [0.29, 0.717) is 6.54 Å². The summed E-state index contributed by atoms with van der Waals surface area (Å²) in [5.41, 5.74) is 0.0778. The molecule has 2 nitrogen and oxygen atoms in total. The molecule has 5 heteroatoms. The van der Waals surface area contributed by atoms with Crippen LogP contribution >= 0.6 is 27.5 Å². The minimum Gasteiger partial charge on any atom is -0.336 e. The van der Waals surface area contributed by atoms with Gasteiger partial charge in [-0.15, -0.1) is 0 Å². The molecule has 0 bridgehead atoms. The van der Waals surface area contributed by atoms with Crippen molar-refractivity contribution in [2.24, 2.45) is 0 Å². The van der Waals surface area contributed by atoms with Crippen LogP contribution < -0.4 is 0 Å². The number of hydrogen-bond acceptors (Lipinski definition) is 1. The van der Waals surface area contributed by atoms with E-state index in [1.807, 2.05) is 0 Å². The van der Waals surface area contributed by atoms with Gasteiger partial charge in [-0.1, -0.05) is 33.6 Å². The minimum absolute atomic E-state index is 0.0000917. The fraction of sp³-hybridized carbons (Fsp3) is 0.500. The largest absolute Gasteiger partial charge is 0.336 e. The van der Waals surface area contributed by atoms with Crippen LogP contribution in [0.2, 0.25) is 5.02 Å². The van der Waals surface area contributed by atoms with Crippen molar-refractivity contribution >= 4 is 33.4 Å². The predicted molar refractivity (Wildman–Crippen MR) is 78.5 cm³/mol. The number of halogens is 3. The smallest absolute Gasteiger partial charge is 0.257 e. The third-order valence-electron chi connectivity index (χ3n) is 3.51. The van der Waals surface area contributed by atoms with Gasteiger partial charge in [0.2, 0.25) is 0 Å². The standard InChI is InChI=1S/C14H16BrClFNO/c15-8-7-10-4-1-2-9-18(10)14(19)11-5-3-6-12(16)13(11)17/h3,5-6,10H,1-2,4,7-9H2. The normalized spacial score (nSPS) is 19.5. The van der Waals surface area contributed by atoms with Crippen molar-refractivity contribution in [3.05, 3.63) is 34.6 Å². The van der Waals surface area contributed by atoms with Gasteiger partial charge < -0.3 is 4.90 Å². The molecule has 1 heterocycles. The maximum absolute atomic E-state index is 13.9. The lowest BCUT2D eigenvalue weighted by Gasteiger charge is -2.35. The molecule has 0 N–H and O–H groups in total. The van der Waals surface area contributed by atoms with Gasteiger partial charge in [0.1, 0.15) is 0 Å². The zero-order valence-electron chi connectivity index (χ0n) is 10.5. The predicted octanol–water partition coefficient (Wildman–Crippen LogP) is 4.26. The van der Waals surface area contributed by atoms with E-state index in [1.54, 1.807) is 11.0 Å². The Morgan fingerprint density at radius 1 is 1.47 bits per heavy atom. The van der Waals surface area contributed by atoms with E-state index < -0.39 is 5.82 Å². The van der Waals surface area contributed by atoms with Crippen LogP contribution in [0.3, 0.4) is 0 Å². The Bertz CT molecular complexity index is 467. The number of hydrogen-bond donors (Lipinski definition) is 0. The van der Waals surface area contributed by atoms with E-state index in [9.17, 15) is 9.18 Å². The lowest BCUT2D eigenvalue weighted by molar-refractivity contribution is 0.0605. The van der Waals surface area contributed by atoms with E-state index in [2.05, 4.69) is 15.9 Å². The molecule has 0 spiro atoms. The van der Waals surface area contributed by atoms with Gasteiger partial charge >= 0.3 is 0 Å². The highest BCUT2D eigenvalue weighted by Crippen LogP contribution is 2.25. The lowest BCUT2D eigenvalue weighted by Crippen LogP contribution is -2.44. The van der Waals surface area contributed by atoms with Gasteiger partial charge in [0.05, 0.1) is 10.6 Å². The summed E-state index contributed by atoms with van der Waals surface area (Å²) >= 11 is 9.15. The molecule has 0 aliphatic carbocycles. The number of carbonyl (C=O) groups excluding carboxylic acids is 1. The SMILES string of the molecule is O=C(c1cccc(Cl)c1F)N1CCCCC1CCBr. The van der Waals surface area contributed by atoms with Gasteiger partial charge in [-0.2, -0.15) is 0 Å². The maximum atomic E-state index is 13.9. The van der Waals surface area contributed by atoms with Crippen molar-refractivity contribution in [3.63, 3.8) is 0 Å². The molecule has 104 valence electrons. The van der Waals surface area contributed by atoms with Gasteiger partial charge in [0.25, 0.3) is 5.91 Å². The Kier molecular flexibility index (Phi) is 5.22. The van der Waals surface area contributed by atoms with Crippen LogP contribution in [0.5, 0.6) is 0 Å². The summed E-state index contributed by atoms with van der Waals surface area (Å²) in [6.45, 7) is 0.697. The Balaban J connectivity index is 2.23. The summed E-state index contributed by atoms with van der Waals surface area (Å²) < 4.78 is 13.9. The molecule has 0 aromatic heterocycles. The second-order valence-corrected chi connectivity index (χ2v) is 5.93. The Labute approximate surface area is 126 Å². The number of piperidine rings is 1. The van der Waals surface area contributed by atoms with Gasteiger partial charge in [0.15, 0.2) is 5.82 Å². The molecule has 1 aliphatic heterocycles. The van der Waals surface area contributed by atoms with Crippen molar-refractivity contribution < 1.29 is 9.18 Å². The van der Waals surface area contributed by atoms with E-state index in [0.717, 1.165) is 31.0 Å². The van der Waals surface area contributed by atoms with Crippen LogP contribution in [0.15, 0.2) is 18.2 Å². The monoisotopic (exact) mass is 347 g/mol. The number of amides is 1. The summed E-state index contributed by atoms with van der Waals surface area (Å²) in [5.74, 6) is -0.858. The topological polar surface area (TPSA) is 20.3 Å². The van der Waals surface area contributed by atoms with E-state index in [1.165, 1.54) is 12.1 Å². The average Bonchev–Trinajstić information content (AvgIpc) is 2.42. The van der Waals surface area contributed by atoms with E-state index >= 15 is 0 Å². The molecule has 0 saturated carbocycles. The van der Waals surface area contributed by atoms with Crippen LogP contribution in [0, 0.1) is 5.82 Å². The van der Waals surface area contributed by atoms with Crippen molar-refractivity contribution in [1.29, 1.82) is 0 Å². The third kappa shape index (κ3) is 3.29. The second kappa shape index (κ2) is 6.71. The van der Waals surface area contributed by atoms with Gasteiger partial charge in [-0.25, -0.2) is 4.39 Å². The summed E-state index contributed by atoms with van der Waals surface area (Å²) in [7, 11) is 0. The van der Waals surface area contributed by atoms with Gasteiger partial charge in [-0.05, 0) is 37.8 Å². The molecule has 1 unspecified atom stereocenters. The van der Waals surface area contributed by atoms with Crippen LogP contribution in [0.25, 0.3) is 0 Å². The fourth-order valence-corrected chi connectivity index (χ4v) is 3.22. The number of alkyl halides is 1. The number of nitrogens with zero attached hydrogens (tertiary/aromatic N) is 1. The summed E-state index contributed by atoms with van der Waals surface area (Å²) in [5, 5.41) is 0.847. The zero-order valence-corrected chi connectivity index (χ0v) is 12.9. The van der Waals surface area contributed by atoms with Crippen molar-refractivity contribution in [2.75, 3.05) is 11.9 Å². The first-order chi connectivity index (χ1) is 9.15. The molecular weight excluding hydrogens is 333 g/mol. The molecule has 0 radical (unpaired) electrons. The van der Waals surface area contributed by atoms with Crippen molar-refractivity contribution in [2.45, 2.75) is 31.7 Å². The summed E-state index contributed by atoms with van der Waals surface area (Å²) in [6, 6.07) is 4.77. The first-order valence-corrected chi connectivity index (χ1v) is 7.96. The molecule has 1 fully saturated rings. The molecule has 1 aromatic carbocycles. The molecule has 1 saturated heterocycles. The quantitative estimate of drug-likeness (QED) is 0.747. The molecule has 1 aromatic rings. The minimum atomic E-state index is -0.614. The van der Waals surface area contributed by atoms with Crippen LogP contribution in [0.4, 0.5) is 4.39 Å². The third-order valence-corrected chi connectivity index (χ3v) is 4.26. The molecule has 19 heavy (non-hydrogen) atoms. The molecule has 1 atom stereocenters. The number of likely N-dealkylation sites (tertiary alicyclic amines) is 1. The Morgan fingerprint density at radius 2 is 2.26 bits per heavy atom. The molecule has 1 aliphatic rings. The Morgan fingerprint density at radius 3 is 3.00 bits per heavy atom. The van der Waals surface area contributed by atoms with Crippen LogP contribution in [0.1, 0.15) is 36.0 Å². The van der Waals surface area contributed by atoms with Crippen molar-refractivity contribution in [3.8, 4) is 0 Å². The van der Waals surface area contributed by atoms with E-state index in [-0.39, 0.29) is 22.5 Å². The number of benzene rings is 1. The van der Waals surface area contributed by atoms with E-state index in [4.69, 9.17) is 11.6 Å². The summed E-state index contributed by atoms with van der Waals surface area (Å²) in [4.78, 5) is 14.3. The number of carbonyl (C=O) groups is 1. The Hall–Kier alpha value is -0.610. The van der Waals surface area contributed by atoms with Crippen molar-refractivity contribution in [1.82, 2.24) is 4.90 Å². The zero-order chi connectivity index (χ0) is 13.8. The van der Waals surface area contributed by atoms with Crippen LogP contribution in [-0.2, 0) is 0 Å². The molecular formula is C14H16BrClFNO. The highest BCUT2D eigenvalue weighted by molar-refractivity contribution is 9.09. The highest BCUT2D eigenvalue weighted by atomic mass is 79.9. The number of rotatable bonds is 3. The average molecular weight is 349 g/mol. The maximum Gasteiger partial charge on any atom is 0.257 e. The molecule has 2 rings (SSSR count). The van der Waals surface area contributed by atoms with Gasteiger partial charge in [-0.3, -0.25) is 4.79 Å². The lowest BCUT2D eigenvalue weighted by atomic mass is 9.99. The second-order valence-electron chi connectivity index (χ2n) is 4.73. The highest BCUT2D eigenvalue weighted by Gasteiger charge is 2.28. The molecule has 1 amide bonds. The van der Waals surface area contributed by atoms with Crippen LogP contribution in [-0.4, -0.2) is 28.7 Å². The summed E-state index contributed by atoms with van der Waals surface area (Å²) in [6.07, 6.45) is 3.99.